The standard InChI is InChI=1S/C22H20BrN/c23-22(20-12-5-2-6-13-20)21-14-8-7-11-19(21)15-16-24(22)17-18-9-3-1-4-10-18/h1-14H,15-17H2. The average molecular weight is 378 g/mol. The fourth-order valence-corrected chi connectivity index (χ4v) is 4.58. The molecule has 1 aliphatic rings. The SMILES string of the molecule is BrC1(c2ccccc2)c2ccccc2CCN1Cc1ccccc1. The summed E-state index contributed by atoms with van der Waals surface area (Å²) in [5.74, 6) is 0. The minimum absolute atomic E-state index is 0.279. The van der Waals surface area contributed by atoms with Crippen molar-refractivity contribution in [3.63, 3.8) is 0 Å². The van der Waals surface area contributed by atoms with E-state index in [0.29, 0.717) is 0 Å². The van der Waals surface area contributed by atoms with E-state index in [4.69, 9.17) is 0 Å². The summed E-state index contributed by atoms with van der Waals surface area (Å²) in [6.45, 7) is 1.96. The van der Waals surface area contributed by atoms with Crippen LogP contribution >= 0.6 is 15.9 Å². The van der Waals surface area contributed by atoms with Gasteiger partial charge in [0.05, 0.1) is 0 Å². The molecule has 1 heterocycles. The van der Waals surface area contributed by atoms with Crippen molar-refractivity contribution in [2.24, 2.45) is 0 Å². The highest BCUT2D eigenvalue weighted by Crippen LogP contribution is 2.46. The van der Waals surface area contributed by atoms with Crippen LogP contribution < -0.4 is 0 Å². The van der Waals surface area contributed by atoms with Crippen LogP contribution in [-0.4, -0.2) is 11.4 Å². The Labute approximate surface area is 152 Å². The first-order valence-corrected chi connectivity index (χ1v) is 9.19. The van der Waals surface area contributed by atoms with Crippen molar-refractivity contribution >= 4 is 15.9 Å². The number of rotatable bonds is 3. The van der Waals surface area contributed by atoms with E-state index in [1.807, 2.05) is 0 Å². The van der Waals surface area contributed by atoms with Gasteiger partial charge in [-0.1, -0.05) is 101 Å². The van der Waals surface area contributed by atoms with Crippen LogP contribution in [0.3, 0.4) is 0 Å². The Morgan fingerprint density at radius 3 is 2.17 bits per heavy atom. The number of hydrogen-bond donors (Lipinski definition) is 0. The number of benzene rings is 3. The molecule has 0 amide bonds. The Hall–Kier alpha value is -1.90. The Balaban J connectivity index is 1.82. The average Bonchev–Trinajstić information content (AvgIpc) is 2.66. The fraction of sp³-hybridized carbons (Fsp3) is 0.182. The maximum absolute atomic E-state index is 4.15. The van der Waals surface area contributed by atoms with Gasteiger partial charge in [-0.3, -0.25) is 4.90 Å². The molecule has 0 aliphatic carbocycles. The summed E-state index contributed by atoms with van der Waals surface area (Å²) >= 11 is 4.15. The number of halogens is 1. The van der Waals surface area contributed by atoms with Gasteiger partial charge in [-0.05, 0) is 28.7 Å². The van der Waals surface area contributed by atoms with E-state index in [9.17, 15) is 0 Å². The Morgan fingerprint density at radius 2 is 1.42 bits per heavy atom. The summed E-state index contributed by atoms with van der Waals surface area (Å²) in [6.07, 6.45) is 1.09. The predicted octanol–water partition coefficient (Wildman–Crippen LogP) is 5.34. The van der Waals surface area contributed by atoms with Crippen LogP contribution in [-0.2, 0) is 17.4 Å². The van der Waals surface area contributed by atoms with Crippen molar-refractivity contribution < 1.29 is 0 Å². The fourth-order valence-electron chi connectivity index (χ4n) is 3.63. The minimum Gasteiger partial charge on any atom is -0.276 e. The van der Waals surface area contributed by atoms with E-state index in [0.717, 1.165) is 19.5 Å². The van der Waals surface area contributed by atoms with Crippen LogP contribution in [0, 0.1) is 0 Å². The van der Waals surface area contributed by atoms with Gasteiger partial charge >= 0.3 is 0 Å². The molecule has 0 N–H and O–H groups in total. The number of hydrogen-bond acceptors (Lipinski definition) is 1. The normalized spacial score (nSPS) is 20.5. The lowest BCUT2D eigenvalue weighted by molar-refractivity contribution is 0.182. The van der Waals surface area contributed by atoms with Gasteiger partial charge in [-0.25, -0.2) is 0 Å². The molecule has 120 valence electrons. The molecule has 0 radical (unpaired) electrons. The largest absolute Gasteiger partial charge is 0.276 e. The maximum Gasteiger partial charge on any atom is 0.128 e. The van der Waals surface area contributed by atoms with Crippen LogP contribution in [0.4, 0.5) is 0 Å². The van der Waals surface area contributed by atoms with Gasteiger partial charge < -0.3 is 0 Å². The second-order valence-corrected chi connectivity index (χ2v) is 7.45. The third kappa shape index (κ3) is 2.70. The van der Waals surface area contributed by atoms with E-state index in [-0.39, 0.29) is 4.45 Å². The van der Waals surface area contributed by atoms with Crippen molar-refractivity contribution in [3.05, 3.63) is 107 Å². The molecular weight excluding hydrogens is 358 g/mol. The molecule has 0 saturated heterocycles. The molecule has 0 saturated carbocycles. The molecule has 1 atom stereocenters. The molecular formula is C22H20BrN. The smallest absolute Gasteiger partial charge is 0.128 e. The van der Waals surface area contributed by atoms with Crippen molar-refractivity contribution in [1.29, 1.82) is 0 Å². The summed E-state index contributed by atoms with van der Waals surface area (Å²) < 4.78 is -0.279. The second kappa shape index (κ2) is 6.54. The van der Waals surface area contributed by atoms with Crippen molar-refractivity contribution in [1.82, 2.24) is 4.90 Å². The van der Waals surface area contributed by atoms with Crippen molar-refractivity contribution in [2.75, 3.05) is 6.54 Å². The molecule has 0 aromatic heterocycles. The van der Waals surface area contributed by atoms with Gasteiger partial charge in [0, 0.05) is 13.1 Å². The van der Waals surface area contributed by atoms with Crippen molar-refractivity contribution in [3.8, 4) is 0 Å². The number of fused-ring (bicyclic) bond motifs is 1. The van der Waals surface area contributed by atoms with Crippen molar-refractivity contribution in [2.45, 2.75) is 17.4 Å². The number of alkyl halides is 1. The highest BCUT2D eigenvalue weighted by molar-refractivity contribution is 9.09. The zero-order valence-corrected chi connectivity index (χ0v) is 15.1. The Bertz CT molecular complexity index is 816. The monoisotopic (exact) mass is 377 g/mol. The number of nitrogens with zero attached hydrogens (tertiary/aromatic N) is 1. The van der Waals surface area contributed by atoms with Crippen LogP contribution in [0.15, 0.2) is 84.9 Å². The minimum atomic E-state index is -0.279. The lowest BCUT2D eigenvalue weighted by Crippen LogP contribution is -2.46. The van der Waals surface area contributed by atoms with Gasteiger partial charge in [-0.2, -0.15) is 0 Å². The van der Waals surface area contributed by atoms with Crippen LogP contribution in [0.1, 0.15) is 22.3 Å². The predicted molar refractivity (Wildman–Crippen MR) is 103 cm³/mol. The first-order valence-electron chi connectivity index (χ1n) is 8.40. The molecule has 4 rings (SSSR count). The second-order valence-electron chi connectivity index (χ2n) is 6.30. The summed E-state index contributed by atoms with van der Waals surface area (Å²) in [5, 5.41) is 0. The highest BCUT2D eigenvalue weighted by Gasteiger charge is 2.41. The molecule has 1 unspecified atom stereocenters. The first kappa shape index (κ1) is 15.6. The molecule has 2 heteroatoms. The van der Waals surface area contributed by atoms with E-state index >= 15 is 0 Å². The molecule has 0 spiro atoms. The molecule has 24 heavy (non-hydrogen) atoms. The quantitative estimate of drug-likeness (QED) is 0.439. The summed E-state index contributed by atoms with van der Waals surface area (Å²) in [7, 11) is 0. The molecule has 0 bridgehead atoms. The van der Waals surface area contributed by atoms with E-state index in [1.54, 1.807) is 0 Å². The summed E-state index contributed by atoms with van der Waals surface area (Å²) in [6, 6.07) is 30.3. The Kier molecular flexibility index (Phi) is 4.26. The molecule has 1 nitrogen and oxygen atoms in total. The maximum atomic E-state index is 4.15. The molecule has 3 aromatic rings. The van der Waals surface area contributed by atoms with Crippen LogP contribution in [0.25, 0.3) is 0 Å². The van der Waals surface area contributed by atoms with Crippen LogP contribution in [0.2, 0.25) is 0 Å². The first-order chi connectivity index (χ1) is 11.8. The van der Waals surface area contributed by atoms with Gasteiger partial charge in [-0.15, -0.1) is 0 Å². The molecule has 3 aromatic carbocycles. The van der Waals surface area contributed by atoms with Gasteiger partial charge in [0.15, 0.2) is 0 Å². The van der Waals surface area contributed by atoms with E-state index in [1.165, 1.54) is 22.3 Å². The highest BCUT2D eigenvalue weighted by atomic mass is 79.9. The molecule has 1 aliphatic heterocycles. The van der Waals surface area contributed by atoms with Crippen LogP contribution in [0.5, 0.6) is 0 Å². The summed E-state index contributed by atoms with van der Waals surface area (Å²) in [4.78, 5) is 2.54. The van der Waals surface area contributed by atoms with E-state index in [2.05, 4.69) is 106 Å². The van der Waals surface area contributed by atoms with E-state index < -0.39 is 0 Å². The Morgan fingerprint density at radius 1 is 0.792 bits per heavy atom. The lowest BCUT2D eigenvalue weighted by atomic mass is 9.87. The van der Waals surface area contributed by atoms with Gasteiger partial charge in [0.25, 0.3) is 0 Å². The topological polar surface area (TPSA) is 3.24 Å². The van der Waals surface area contributed by atoms with Gasteiger partial charge in [0.1, 0.15) is 4.45 Å². The third-order valence-electron chi connectivity index (χ3n) is 4.83. The van der Waals surface area contributed by atoms with Gasteiger partial charge in [0.2, 0.25) is 0 Å². The summed E-state index contributed by atoms with van der Waals surface area (Å²) in [5.41, 5.74) is 5.42. The zero-order chi connectivity index (χ0) is 16.4. The zero-order valence-electron chi connectivity index (χ0n) is 13.5. The lowest BCUT2D eigenvalue weighted by Gasteiger charge is -2.45. The third-order valence-corrected chi connectivity index (χ3v) is 6.22. The molecule has 0 fully saturated rings.